The van der Waals surface area contributed by atoms with Crippen LogP contribution in [0.4, 0.5) is 10.1 Å². The summed E-state index contributed by atoms with van der Waals surface area (Å²) < 4.78 is 19.0. The monoisotopic (exact) mass is 428 g/mol. The fourth-order valence-corrected chi connectivity index (χ4v) is 6.39. The summed E-state index contributed by atoms with van der Waals surface area (Å²) in [6.45, 7) is 8.42. The molecule has 0 bridgehead atoms. The maximum absolute atomic E-state index is 13.2. The first-order valence-electron chi connectivity index (χ1n) is 11.7. The number of rotatable bonds is 3. The maximum Gasteiger partial charge on any atom is 0.311 e. The van der Waals surface area contributed by atoms with Crippen molar-refractivity contribution in [1.29, 1.82) is 0 Å². The summed E-state index contributed by atoms with van der Waals surface area (Å²) in [6.07, 6.45) is 4.42. The topological polar surface area (TPSA) is 53.0 Å². The zero-order chi connectivity index (χ0) is 21.8. The van der Waals surface area contributed by atoms with Gasteiger partial charge in [-0.3, -0.25) is 9.69 Å². The van der Waals surface area contributed by atoms with E-state index in [-0.39, 0.29) is 35.1 Å². The molecule has 1 aromatic rings. The van der Waals surface area contributed by atoms with Crippen molar-refractivity contribution in [3.05, 3.63) is 41.7 Å². The molecule has 6 heteroatoms. The molecule has 2 saturated heterocycles. The highest BCUT2D eigenvalue weighted by atomic mass is 19.1. The lowest BCUT2D eigenvalue weighted by Crippen LogP contribution is -2.55. The van der Waals surface area contributed by atoms with Crippen molar-refractivity contribution in [3.63, 3.8) is 0 Å². The van der Waals surface area contributed by atoms with Gasteiger partial charge in [0.25, 0.3) is 0 Å². The van der Waals surface area contributed by atoms with Gasteiger partial charge in [-0.05, 0) is 43.0 Å². The van der Waals surface area contributed by atoms with Gasteiger partial charge in [-0.1, -0.05) is 25.5 Å². The molecule has 1 saturated carbocycles. The number of ether oxygens (including phenoxy) is 1. The van der Waals surface area contributed by atoms with Crippen LogP contribution in [0.25, 0.3) is 0 Å². The molecule has 31 heavy (non-hydrogen) atoms. The van der Waals surface area contributed by atoms with E-state index < -0.39 is 6.10 Å². The first kappa shape index (κ1) is 21.0. The third kappa shape index (κ3) is 3.48. The Kier molecular flexibility index (Phi) is 5.33. The standard InChI is InChI=1S/C25H33FN2O3/c1-16-4-3-5-17-14-21-22(23(29)25(16,17)2)20(24(30)31-21)15-27-10-12-28(13-11-27)19-8-6-18(26)7-9-19/h5-9,16,20-23,29H,3-4,10-15H2,1-2H3/t16-,20+,21-,22+,23+,25-/m1/s1. The van der Waals surface area contributed by atoms with E-state index in [9.17, 15) is 14.3 Å². The van der Waals surface area contributed by atoms with Crippen molar-refractivity contribution >= 4 is 11.7 Å². The first-order chi connectivity index (χ1) is 14.9. The van der Waals surface area contributed by atoms with Gasteiger partial charge in [0.2, 0.25) is 0 Å². The number of esters is 1. The Labute approximate surface area is 183 Å². The van der Waals surface area contributed by atoms with E-state index in [4.69, 9.17) is 4.74 Å². The van der Waals surface area contributed by atoms with Gasteiger partial charge in [-0.2, -0.15) is 0 Å². The number of benzene rings is 1. The summed E-state index contributed by atoms with van der Waals surface area (Å²) in [5.74, 6) is -0.374. The van der Waals surface area contributed by atoms with Gasteiger partial charge >= 0.3 is 5.97 Å². The molecule has 0 aromatic heterocycles. The number of hydrogen-bond donors (Lipinski definition) is 1. The van der Waals surface area contributed by atoms with E-state index in [1.807, 2.05) is 12.1 Å². The van der Waals surface area contributed by atoms with Crippen LogP contribution in [0.1, 0.15) is 33.1 Å². The Balaban J connectivity index is 1.27. The van der Waals surface area contributed by atoms with E-state index in [2.05, 4.69) is 29.7 Å². The van der Waals surface area contributed by atoms with E-state index >= 15 is 0 Å². The largest absolute Gasteiger partial charge is 0.461 e. The molecule has 2 aliphatic carbocycles. The van der Waals surface area contributed by atoms with Crippen molar-refractivity contribution in [2.75, 3.05) is 37.6 Å². The van der Waals surface area contributed by atoms with Crippen LogP contribution in [0, 0.1) is 29.0 Å². The second-order valence-corrected chi connectivity index (χ2v) is 10.1. The summed E-state index contributed by atoms with van der Waals surface area (Å²) in [5.41, 5.74) is 2.05. The van der Waals surface area contributed by atoms with Gasteiger partial charge in [-0.15, -0.1) is 0 Å². The second-order valence-electron chi connectivity index (χ2n) is 10.1. The Morgan fingerprint density at radius 3 is 2.61 bits per heavy atom. The number of halogens is 1. The molecule has 0 amide bonds. The van der Waals surface area contributed by atoms with Crippen molar-refractivity contribution < 1.29 is 19.0 Å². The number of carbonyl (C=O) groups is 1. The molecule has 1 aromatic carbocycles. The number of fused-ring (bicyclic) bond motifs is 2. The SMILES string of the molecule is C[C@@H]1CCC=C2C[C@H]3OC(=O)[C@@H](CN4CCN(c5ccc(F)cc5)CC4)[C@@H]3[C@H](O)[C@@]21C. The van der Waals surface area contributed by atoms with Crippen LogP contribution in [0.3, 0.4) is 0 Å². The number of allylic oxidation sites excluding steroid dienone is 1. The molecule has 1 N–H and O–H groups in total. The van der Waals surface area contributed by atoms with Gasteiger partial charge < -0.3 is 14.7 Å². The molecular weight excluding hydrogens is 395 g/mol. The van der Waals surface area contributed by atoms with Crippen LogP contribution in [-0.2, 0) is 9.53 Å². The highest BCUT2D eigenvalue weighted by Gasteiger charge is 2.59. The van der Waals surface area contributed by atoms with Gasteiger partial charge in [0, 0.05) is 56.2 Å². The molecule has 0 radical (unpaired) electrons. The fourth-order valence-electron chi connectivity index (χ4n) is 6.39. The number of anilines is 1. The van der Waals surface area contributed by atoms with Crippen LogP contribution in [0.5, 0.6) is 0 Å². The minimum absolute atomic E-state index is 0.134. The molecule has 0 spiro atoms. The Morgan fingerprint density at radius 1 is 1.19 bits per heavy atom. The molecular formula is C25H33FN2O3. The summed E-state index contributed by atoms with van der Waals surface area (Å²) in [5, 5.41) is 11.5. The zero-order valence-corrected chi connectivity index (χ0v) is 18.5. The average molecular weight is 429 g/mol. The predicted octanol–water partition coefficient (Wildman–Crippen LogP) is 3.23. The smallest absolute Gasteiger partial charge is 0.311 e. The van der Waals surface area contributed by atoms with Gasteiger partial charge in [0.15, 0.2) is 0 Å². The molecule has 168 valence electrons. The number of aliphatic hydroxyl groups is 1. The van der Waals surface area contributed by atoms with Crippen LogP contribution in [-0.4, -0.2) is 60.9 Å². The van der Waals surface area contributed by atoms with E-state index in [1.54, 1.807) is 0 Å². The number of piperazine rings is 1. The summed E-state index contributed by atoms with van der Waals surface area (Å²) in [7, 11) is 0. The number of carbonyl (C=O) groups excluding carboxylic acids is 1. The van der Waals surface area contributed by atoms with Crippen molar-refractivity contribution in [2.45, 2.75) is 45.3 Å². The summed E-state index contributed by atoms with van der Waals surface area (Å²) >= 11 is 0. The fraction of sp³-hybridized carbons (Fsp3) is 0.640. The lowest BCUT2D eigenvalue weighted by atomic mass is 9.55. The first-order valence-corrected chi connectivity index (χ1v) is 11.7. The third-order valence-corrected chi connectivity index (χ3v) is 8.59. The van der Waals surface area contributed by atoms with Crippen molar-refractivity contribution in [3.8, 4) is 0 Å². The number of nitrogens with zero attached hydrogens (tertiary/aromatic N) is 2. The molecule has 2 heterocycles. The van der Waals surface area contributed by atoms with E-state index in [1.165, 1.54) is 17.7 Å². The Morgan fingerprint density at radius 2 is 1.90 bits per heavy atom. The normalized spacial score (nSPS) is 38.3. The molecule has 5 nitrogen and oxygen atoms in total. The van der Waals surface area contributed by atoms with Crippen LogP contribution in [0.15, 0.2) is 35.9 Å². The quantitative estimate of drug-likeness (QED) is 0.592. The van der Waals surface area contributed by atoms with Crippen molar-refractivity contribution in [2.24, 2.45) is 23.2 Å². The van der Waals surface area contributed by atoms with Gasteiger partial charge in [0.05, 0.1) is 12.0 Å². The van der Waals surface area contributed by atoms with Crippen LogP contribution >= 0.6 is 0 Å². The zero-order valence-electron chi connectivity index (χ0n) is 18.5. The summed E-state index contributed by atoms with van der Waals surface area (Å²) in [4.78, 5) is 17.4. The van der Waals surface area contributed by atoms with Gasteiger partial charge in [-0.25, -0.2) is 4.39 Å². The summed E-state index contributed by atoms with van der Waals surface area (Å²) in [6, 6.07) is 6.63. The molecule has 6 atom stereocenters. The lowest BCUT2D eigenvalue weighted by molar-refractivity contribution is -0.145. The molecule has 4 aliphatic rings. The molecule has 2 aliphatic heterocycles. The highest BCUT2D eigenvalue weighted by molar-refractivity contribution is 5.76. The van der Waals surface area contributed by atoms with Crippen LogP contribution in [0.2, 0.25) is 0 Å². The minimum Gasteiger partial charge on any atom is -0.461 e. The van der Waals surface area contributed by atoms with Crippen molar-refractivity contribution in [1.82, 2.24) is 4.90 Å². The second kappa shape index (κ2) is 7.89. The highest BCUT2D eigenvalue weighted by Crippen LogP contribution is 2.56. The third-order valence-electron chi connectivity index (χ3n) is 8.59. The lowest BCUT2D eigenvalue weighted by Gasteiger charge is -2.52. The average Bonchev–Trinajstić information content (AvgIpc) is 3.07. The predicted molar refractivity (Wildman–Crippen MR) is 117 cm³/mol. The molecule has 5 rings (SSSR count). The minimum atomic E-state index is -0.551. The van der Waals surface area contributed by atoms with E-state index in [0.717, 1.165) is 51.1 Å². The van der Waals surface area contributed by atoms with Crippen LogP contribution < -0.4 is 4.90 Å². The number of aliphatic hydroxyl groups excluding tert-OH is 1. The Hall–Kier alpha value is -1.92. The molecule has 0 unspecified atom stereocenters. The number of hydrogen-bond acceptors (Lipinski definition) is 5. The molecule has 3 fully saturated rings. The maximum atomic E-state index is 13.2. The van der Waals surface area contributed by atoms with E-state index in [0.29, 0.717) is 12.5 Å². The Bertz CT molecular complexity index is 864. The van der Waals surface area contributed by atoms with Gasteiger partial charge in [0.1, 0.15) is 11.9 Å².